The minimum absolute atomic E-state index is 0.105. The molecule has 0 unspecified atom stereocenters. The van der Waals surface area contributed by atoms with E-state index < -0.39 is 41.0 Å². The Bertz CT molecular complexity index is 1770. The van der Waals surface area contributed by atoms with Crippen molar-refractivity contribution in [1.82, 2.24) is 15.6 Å². The Hall–Kier alpha value is -5.01. The van der Waals surface area contributed by atoms with Crippen molar-refractivity contribution in [2.75, 3.05) is 10.6 Å². The number of fused-ring (bicyclic) bond motifs is 4. The van der Waals surface area contributed by atoms with Gasteiger partial charge in [0.1, 0.15) is 34.8 Å². The van der Waals surface area contributed by atoms with E-state index in [2.05, 4.69) is 26.3 Å². The molecule has 47 heavy (non-hydrogen) atoms. The van der Waals surface area contributed by atoms with Gasteiger partial charge in [-0.2, -0.15) is 13.2 Å². The quantitative estimate of drug-likeness (QED) is 0.236. The van der Waals surface area contributed by atoms with Gasteiger partial charge in [0.2, 0.25) is 5.91 Å². The number of nitrogens with one attached hydrogen (secondary N) is 4. The molecule has 6 rings (SSSR count). The van der Waals surface area contributed by atoms with Gasteiger partial charge in [-0.25, -0.2) is 14.6 Å². The van der Waals surface area contributed by atoms with Crippen LogP contribution in [-0.4, -0.2) is 40.8 Å². The van der Waals surface area contributed by atoms with Gasteiger partial charge in [0.15, 0.2) is 0 Å². The van der Waals surface area contributed by atoms with E-state index in [0.717, 1.165) is 23.3 Å². The Balaban J connectivity index is 1.14. The SMILES string of the molecule is CC(C)(C)OC(=O)NC(C)(C)c1cc(NC(=O)N[C@H]2[C@H]3Oc4ccc(Oc5ccnc6c5CCC(=O)N6)cc4[C@@H]23)cc(C(F)(F)F)c1. The second-order valence-electron chi connectivity index (χ2n) is 13.3. The molecule has 3 heterocycles. The molecular formula is C33H34F3N5O6. The molecule has 3 aromatic rings. The van der Waals surface area contributed by atoms with Crippen LogP contribution in [0.3, 0.4) is 0 Å². The molecule has 0 saturated heterocycles. The molecule has 11 nitrogen and oxygen atoms in total. The third-order valence-corrected chi connectivity index (χ3v) is 8.01. The van der Waals surface area contributed by atoms with Crippen LogP contribution >= 0.6 is 0 Å². The van der Waals surface area contributed by atoms with Crippen molar-refractivity contribution in [3.63, 3.8) is 0 Å². The molecule has 14 heteroatoms. The van der Waals surface area contributed by atoms with Gasteiger partial charge in [-0.05, 0) is 89.1 Å². The summed E-state index contributed by atoms with van der Waals surface area (Å²) in [5.41, 5.74) is -1.44. The van der Waals surface area contributed by atoms with Gasteiger partial charge in [-0.3, -0.25) is 4.79 Å². The van der Waals surface area contributed by atoms with Crippen LogP contribution in [-0.2, 0) is 27.7 Å². The monoisotopic (exact) mass is 653 g/mol. The van der Waals surface area contributed by atoms with Crippen LogP contribution in [0.2, 0.25) is 0 Å². The Morgan fingerprint density at radius 3 is 2.47 bits per heavy atom. The van der Waals surface area contributed by atoms with E-state index in [1.54, 1.807) is 45.2 Å². The molecule has 0 radical (unpaired) electrons. The van der Waals surface area contributed by atoms with Gasteiger partial charge >= 0.3 is 18.3 Å². The average molecular weight is 654 g/mol. The summed E-state index contributed by atoms with van der Waals surface area (Å²) < 4.78 is 59.0. The van der Waals surface area contributed by atoms with Crippen LogP contribution in [0, 0.1) is 0 Å². The number of ether oxygens (including phenoxy) is 3. The summed E-state index contributed by atoms with van der Waals surface area (Å²) in [6, 6.07) is 9.09. The fourth-order valence-corrected chi connectivity index (χ4v) is 5.73. The number of anilines is 2. The standard InChI is InChI=1S/C33H34F3N5O6/c1-31(2,3)47-30(44)41-32(4,5)16-12-17(33(34,35)36)14-18(13-16)38-29(43)40-26-25-21-15-19(6-8-22(21)46-27(25)26)45-23-10-11-37-28-20(23)7-9-24(42)39-28/h6,8,10-15,25-27H,7,9H2,1-5H3,(H,41,44)(H,37,39,42)(H2,38,40,43)/t25-,26+,27-/m0/s1. The average Bonchev–Trinajstić information content (AvgIpc) is 3.46. The first kappa shape index (κ1) is 32.0. The predicted molar refractivity (Wildman–Crippen MR) is 165 cm³/mol. The van der Waals surface area contributed by atoms with Crippen molar-refractivity contribution in [1.29, 1.82) is 0 Å². The number of benzene rings is 2. The maximum atomic E-state index is 13.9. The highest BCUT2D eigenvalue weighted by molar-refractivity contribution is 5.93. The highest BCUT2D eigenvalue weighted by Gasteiger charge is 2.59. The Morgan fingerprint density at radius 1 is 1.00 bits per heavy atom. The number of hydrogen-bond donors (Lipinski definition) is 4. The Kier molecular flexibility index (Phi) is 7.72. The van der Waals surface area contributed by atoms with Crippen LogP contribution in [0.5, 0.6) is 17.2 Å². The highest BCUT2D eigenvalue weighted by atomic mass is 19.4. The number of carbonyl (C=O) groups is 3. The van der Waals surface area contributed by atoms with Gasteiger partial charge < -0.3 is 35.5 Å². The molecule has 1 saturated carbocycles. The molecule has 0 spiro atoms. The molecular weight excluding hydrogens is 619 g/mol. The van der Waals surface area contributed by atoms with Gasteiger partial charge in [0.05, 0.1) is 23.1 Å². The van der Waals surface area contributed by atoms with Crippen molar-refractivity contribution in [2.24, 2.45) is 0 Å². The molecule has 248 valence electrons. The van der Waals surface area contributed by atoms with Crippen LogP contribution in [0.25, 0.3) is 0 Å². The van der Waals surface area contributed by atoms with Crippen molar-refractivity contribution in [2.45, 2.75) is 82.8 Å². The number of pyridine rings is 1. The molecule has 3 aliphatic rings. The first-order chi connectivity index (χ1) is 22.0. The van der Waals surface area contributed by atoms with E-state index in [-0.39, 0.29) is 29.2 Å². The van der Waals surface area contributed by atoms with E-state index in [9.17, 15) is 27.6 Å². The van der Waals surface area contributed by atoms with E-state index >= 15 is 0 Å². The second-order valence-corrected chi connectivity index (χ2v) is 13.3. The zero-order valence-corrected chi connectivity index (χ0v) is 26.3. The number of amides is 4. The van der Waals surface area contributed by atoms with E-state index in [4.69, 9.17) is 14.2 Å². The second kappa shape index (κ2) is 11.4. The predicted octanol–water partition coefficient (Wildman–Crippen LogP) is 6.59. The Labute approximate surface area is 268 Å². The molecule has 0 bridgehead atoms. The number of nitrogens with zero attached hydrogens (tertiary/aromatic N) is 1. The number of hydrogen-bond acceptors (Lipinski definition) is 7. The molecule has 2 aromatic carbocycles. The van der Waals surface area contributed by atoms with Crippen LogP contribution < -0.4 is 30.7 Å². The largest absolute Gasteiger partial charge is 0.487 e. The summed E-state index contributed by atoms with van der Waals surface area (Å²) in [6.45, 7) is 8.09. The minimum atomic E-state index is -4.71. The molecule has 1 aromatic heterocycles. The van der Waals surface area contributed by atoms with Gasteiger partial charge in [0, 0.05) is 29.4 Å². The zero-order valence-electron chi connectivity index (χ0n) is 26.3. The maximum Gasteiger partial charge on any atom is 0.416 e. The van der Waals surface area contributed by atoms with Gasteiger partial charge in [-0.1, -0.05) is 0 Å². The highest BCUT2D eigenvalue weighted by Crippen LogP contribution is 2.54. The lowest BCUT2D eigenvalue weighted by Gasteiger charge is -2.30. The third kappa shape index (κ3) is 6.91. The summed E-state index contributed by atoms with van der Waals surface area (Å²) in [5, 5.41) is 10.7. The number of carbonyl (C=O) groups excluding carboxylic acids is 3. The summed E-state index contributed by atoms with van der Waals surface area (Å²) in [5.74, 6) is 1.94. The summed E-state index contributed by atoms with van der Waals surface area (Å²) in [4.78, 5) is 41.4. The Morgan fingerprint density at radius 2 is 1.74 bits per heavy atom. The molecule has 1 fully saturated rings. The van der Waals surface area contributed by atoms with Crippen LogP contribution in [0.4, 0.5) is 34.3 Å². The lowest BCUT2D eigenvalue weighted by molar-refractivity contribution is -0.137. The van der Waals surface area contributed by atoms with Gasteiger partial charge in [-0.15, -0.1) is 0 Å². The van der Waals surface area contributed by atoms with Crippen molar-refractivity contribution in [3.05, 3.63) is 70.9 Å². The van der Waals surface area contributed by atoms with E-state index in [0.29, 0.717) is 35.9 Å². The number of rotatable bonds is 6. The first-order valence-electron chi connectivity index (χ1n) is 15.0. The lowest BCUT2D eigenvalue weighted by Crippen LogP contribution is -2.44. The number of aromatic nitrogens is 1. The zero-order chi connectivity index (χ0) is 33.9. The number of urea groups is 1. The summed E-state index contributed by atoms with van der Waals surface area (Å²) in [7, 11) is 0. The van der Waals surface area contributed by atoms with Crippen molar-refractivity contribution in [3.8, 4) is 17.2 Å². The molecule has 1 aliphatic carbocycles. The number of halogens is 3. The topological polar surface area (TPSA) is 140 Å². The lowest BCUT2D eigenvalue weighted by atomic mass is 9.92. The fourth-order valence-electron chi connectivity index (χ4n) is 5.73. The fraction of sp³-hybridized carbons (Fsp3) is 0.394. The van der Waals surface area contributed by atoms with Crippen molar-refractivity contribution < 1.29 is 41.8 Å². The summed E-state index contributed by atoms with van der Waals surface area (Å²) >= 11 is 0. The molecule has 3 atom stereocenters. The van der Waals surface area contributed by atoms with Crippen LogP contribution in [0.15, 0.2) is 48.7 Å². The number of alkyl carbamates (subject to hydrolysis) is 1. The van der Waals surface area contributed by atoms with Crippen LogP contribution in [0.1, 0.15) is 69.2 Å². The van der Waals surface area contributed by atoms with Crippen molar-refractivity contribution >= 4 is 29.5 Å². The van der Waals surface area contributed by atoms with Gasteiger partial charge in [0.25, 0.3) is 0 Å². The van der Waals surface area contributed by atoms with E-state index in [1.165, 1.54) is 19.9 Å². The third-order valence-electron chi connectivity index (χ3n) is 8.01. The minimum Gasteiger partial charge on any atom is -0.487 e. The smallest absolute Gasteiger partial charge is 0.416 e. The first-order valence-corrected chi connectivity index (χ1v) is 15.0. The maximum absolute atomic E-state index is 13.9. The normalized spacial score (nSPS) is 19.7. The van der Waals surface area contributed by atoms with E-state index in [1.807, 2.05) is 6.07 Å². The molecule has 4 amide bonds. The molecule has 4 N–H and O–H groups in total. The summed E-state index contributed by atoms with van der Waals surface area (Å²) in [6.07, 6.45) is -3.47. The molecule has 2 aliphatic heterocycles. The number of alkyl halides is 3.